The van der Waals surface area contributed by atoms with E-state index in [-0.39, 0.29) is 49.6 Å². The van der Waals surface area contributed by atoms with E-state index in [0.29, 0.717) is 23.3 Å². The van der Waals surface area contributed by atoms with Gasteiger partial charge in [0.05, 0.1) is 16.9 Å². The van der Waals surface area contributed by atoms with Crippen molar-refractivity contribution < 1.29 is 43.7 Å². The molecule has 0 aromatic rings. The molecule has 0 saturated heterocycles. The van der Waals surface area contributed by atoms with Gasteiger partial charge in [0.25, 0.3) is 0 Å². The minimum Gasteiger partial charge on any atom is -0.478 e. The third-order valence-corrected chi connectivity index (χ3v) is 5.96. The van der Waals surface area contributed by atoms with E-state index in [9.17, 15) is 24.0 Å². The van der Waals surface area contributed by atoms with Gasteiger partial charge in [-0.3, -0.25) is 19.2 Å². The molecule has 0 aromatic carbocycles. The molecule has 46 heavy (non-hydrogen) atoms. The highest BCUT2D eigenvalue weighted by molar-refractivity contribution is 5.88. The normalized spacial score (nSPS) is 11.4. The molecule has 0 aliphatic rings. The predicted octanol–water partition coefficient (Wildman–Crippen LogP) is 8.86. The number of hydrogen-bond donors (Lipinski definition) is 2. The van der Waals surface area contributed by atoms with Gasteiger partial charge in [0, 0.05) is 11.5 Å². The highest BCUT2D eigenvalue weighted by Gasteiger charge is 2.23. The maximum absolute atomic E-state index is 11.2. The van der Waals surface area contributed by atoms with Crippen LogP contribution >= 0.6 is 0 Å². The Labute approximate surface area is 282 Å². The van der Waals surface area contributed by atoms with Crippen LogP contribution in [0.4, 0.5) is 0 Å². The van der Waals surface area contributed by atoms with Crippen LogP contribution in [0.2, 0.25) is 0 Å². The lowest BCUT2D eigenvalue weighted by Gasteiger charge is -2.21. The van der Waals surface area contributed by atoms with Crippen LogP contribution in [-0.2, 0) is 33.4 Å². The first-order valence-corrected chi connectivity index (χ1v) is 15.6. The lowest BCUT2D eigenvalue weighted by Crippen LogP contribution is -2.25. The number of carboxylic acids is 1. The maximum Gasteiger partial charge on any atom is 0.330 e. The lowest BCUT2D eigenvalue weighted by atomic mass is 9.95. The summed E-state index contributed by atoms with van der Waals surface area (Å²) >= 11 is 0. The fraction of sp³-hybridized carbons (Fsp3) is 0.757. The Balaban J connectivity index is -0.000000112. The van der Waals surface area contributed by atoms with Crippen LogP contribution in [0.1, 0.15) is 139 Å². The van der Waals surface area contributed by atoms with Crippen molar-refractivity contribution >= 4 is 29.5 Å². The number of esters is 2. The average Bonchev–Trinajstić information content (AvgIpc) is 2.83. The molecule has 2 N–H and O–H groups in total. The van der Waals surface area contributed by atoms with E-state index in [0.717, 1.165) is 5.57 Å². The molecule has 0 aliphatic carbocycles. The van der Waals surface area contributed by atoms with E-state index in [4.69, 9.17) is 14.9 Å². The second-order valence-corrected chi connectivity index (χ2v) is 14.0. The van der Waals surface area contributed by atoms with Crippen LogP contribution in [-0.4, -0.2) is 52.1 Å². The zero-order chi connectivity index (χ0) is 37.5. The summed E-state index contributed by atoms with van der Waals surface area (Å²) in [5.74, 6) is -0.00324. The van der Waals surface area contributed by atoms with Gasteiger partial charge in [-0.1, -0.05) is 88.3 Å². The monoisotopic (exact) mass is 661 g/mol. The fourth-order valence-electron chi connectivity index (χ4n) is 1.58. The predicted molar refractivity (Wildman–Crippen MR) is 190 cm³/mol. The molecule has 0 amide bonds. The second kappa shape index (κ2) is 28.4. The zero-order valence-electron chi connectivity index (χ0n) is 32.0. The van der Waals surface area contributed by atoms with Crippen molar-refractivity contribution in [2.45, 2.75) is 145 Å². The Morgan fingerprint density at radius 1 is 0.696 bits per heavy atom. The SMILES string of the molecule is C.C/C(=C\C(C)C)C(=O)O.CC(=O)/C=C(\C)C(C)C.CC(=O)C(C)C.CC(C)C(=O)OCOC(=O)C(C)(C)C.CC(C)C(C)(C)O. The first-order chi connectivity index (χ1) is 19.9. The lowest BCUT2D eigenvalue weighted by molar-refractivity contribution is -0.174. The minimum atomic E-state index is -0.830. The molecule has 0 spiro atoms. The van der Waals surface area contributed by atoms with Gasteiger partial charge in [0.15, 0.2) is 5.78 Å². The zero-order valence-corrected chi connectivity index (χ0v) is 32.0. The third kappa shape index (κ3) is 43.3. The number of aliphatic hydroxyl groups is 1. The number of ether oxygens (including phenoxy) is 2. The van der Waals surface area contributed by atoms with Crippen LogP contribution < -0.4 is 0 Å². The number of carbonyl (C=O) groups excluding carboxylic acids is 4. The van der Waals surface area contributed by atoms with Gasteiger partial charge < -0.3 is 19.7 Å². The van der Waals surface area contributed by atoms with Crippen molar-refractivity contribution in [3.63, 3.8) is 0 Å². The Morgan fingerprint density at radius 2 is 1.07 bits per heavy atom. The van der Waals surface area contributed by atoms with Crippen molar-refractivity contribution in [3.8, 4) is 0 Å². The number of hydrogen-bond acceptors (Lipinski definition) is 8. The second-order valence-electron chi connectivity index (χ2n) is 14.0. The van der Waals surface area contributed by atoms with Crippen molar-refractivity contribution in [2.75, 3.05) is 6.79 Å². The molecule has 0 atom stereocenters. The Morgan fingerprint density at radius 3 is 1.22 bits per heavy atom. The van der Waals surface area contributed by atoms with Gasteiger partial charge in [-0.2, -0.15) is 0 Å². The molecule has 0 fully saturated rings. The quantitative estimate of drug-likeness (QED) is 0.141. The summed E-state index contributed by atoms with van der Waals surface area (Å²) in [6, 6.07) is 0. The summed E-state index contributed by atoms with van der Waals surface area (Å²) in [6.07, 6.45) is 3.41. The molecule has 0 radical (unpaired) electrons. The first-order valence-electron chi connectivity index (χ1n) is 15.6. The number of rotatable bonds is 9. The third-order valence-electron chi connectivity index (χ3n) is 5.96. The molecular formula is C37H72O9. The largest absolute Gasteiger partial charge is 0.478 e. The van der Waals surface area contributed by atoms with E-state index >= 15 is 0 Å². The summed E-state index contributed by atoms with van der Waals surface area (Å²) in [5, 5.41) is 17.5. The molecule has 0 aromatic heterocycles. The van der Waals surface area contributed by atoms with Crippen LogP contribution in [0.25, 0.3) is 0 Å². The molecule has 274 valence electrons. The Kier molecular flexibility index (Phi) is 34.3. The van der Waals surface area contributed by atoms with E-state index in [1.807, 2.05) is 62.3 Å². The summed E-state index contributed by atoms with van der Waals surface area (Å²) in [4.78, 5) is 53.0. The van der Waals surface area contributed by atoms with Gasteiger partial charge in [-0.25, -0.2) is 4.79 Å². The highest BCUT2D eigenvalue weighted by atomic mass is 16.7. The molecule has 0 unspecified atom stereocenters. The van der Waals surface area contributed by atoms with Crippen LogP contribution in [0, 0.1) is 35.0 Å². The van der Waals surface area contributed by atoms with Crippen molar-refractivity contribution in [2.24, 2.45) is 35.0 Å². The number of carbonyl (C=O) groups is 5. The number of allylic oxidation sites excluding steroid dienone is 3. The molecular weight excluding hydrogens is 588 g/mol. The maximum atomic E-state index is 11.2. The standard InChI is InChI=1S/C10H18O4.C8H14O.C7H12O2.C6H14O.C5H10O.CH4/c1-7(2)8(11)13-6-14-9(12)10(3,4)5;1-6(2)7(3)5-8(4)9;1-5(2)4-6(3)7(8)9;1-5(2)6(3,4)7;1-4(2)5(3)6;/h7H,6H2,1-5H3;5-6H,1-4H3;4-5H,1-3H3,(H,8,9);5,7H,1-4H3;4H,1-3H3;1H4/b;7-5+;6-4+;;;. The smallest absolute Gasteiger partial charge is 0.330 e. The van der Waals surface area contributed by atoms with E-state index in [2.05, 4.69) is 18.6 Å². The van der Waals surface area contributed by atoms with E-state index < -0.39 is 17.0 Å². The van der Waals surface area contributed by atoms with Gasteiger partial charge in [-0.05, 0) is 86.1 Å². The topological polar surface area (TPSA) is 144 Å². The van der Waals surface area contributed by atoms with Crippen molar-refractivity contribution in [1.82, 2.24) is 0 Å². The summed E-state index contributed by atoms with van der Waals surface area (Å²) in [6.45, 7) is 34.6. The van der Waals surface area contributed by atoms with E-state index in [1.165, 1.54) is 0 Å². The van der Waals surface area contributed by atoms with Crippen LogP contribution in [0.5, 0.6) is 0 Å². The number of ketones is 2. The number of carboxylic acid groups (broad SMARTS) is 1. The molecule has 0 aliphatic heterocycles. The summed E-state index contributed by atoms with van der Waals surface area (Å²) < 4.78 is 9.43. The molecule has 0 saturated carbocycles. The number of Topliss-reactive ketones (excluding diaryl/α,β-unsaturated/α-hetero) is 1. The molecule has 9 nitrogen and oxygen atoms in total. The van der Waals surface area contributed by atoms with Gasteiger partial charge in [0.2, 0.25) is 6.79 Å². The minimum absolute atomic E-state index is 0. The van der Waals surface area contributed by atoms with Gasteiger partial charge >= 0.3 is 17.9 Å². The number of aliphatic carboxylic acids is 1. The highest BCUT2D eigenvalue weighted by Crippen LogP contribution is 2.15. The van der Waals surface area contributed by atoms with Crippen LogP contribution in [0.3, 0.4) is 0 Å². The van der Waals surface area contributed by atoms with Gasteiger partial charge in [-0.15, -0.1) is 0 Å². The molecule has 0 bridgehead atoms. The van der Waals surface area contributed by atoms with E-state index in [1.54, 1.807) is 67.5 Å². The van der Waals surface area contributed by atoms with Crippen molar-refractivity contribution in [3.05, 3.63) is 23.3 Å². The van der Waals surface area contributed by atoms with Gasteiger partial charge in [0.1, 0.15) is 5.78 Å². The Bertz CT molecular complexity index is 921. The fourth-order valence-corrected chi connectivity index (χ4v) is 1.58. The molecule has 9 heteroatoms. The molecule has 0 heterocycles. The molecule has 0 rings (SSSR count). The summed E-state index contributed by atoms with van der Waals surface area (Å²) in [7, 11) is 0. The van der Waals surface area contributed by atoms with Crippen LogP contribution in [0.15, 0.2) is 23.3 Å². The first kappa shape index (κ1) is 55.6. The Hall–Kier alpha value is -2.81. The average molecular weight is 661 g/mol. The van der Waals surface area contributed by atoms with Crippen molar-refractivity contribution in [1.29, 1.82) is 0 Å². The summed E-state index contributed by atoms with van der Waals surface area (Å²) in [5.41, 5.74) is 0.511.